The van der Waals surface area contributed by atoms with E-state index in [0.29, 0.717) is 16.9 Å². The summed E-state index contributed by atoms with van der Waals surface area (Å²) in [5, 5.41) is 4.84. The van der Waals surface area contributed by atoms with E-state index in [4.69, 9.17) is 4.74 Å². The quantitative estimate of drug-likeness (QED) is 0.573. The second-order valence-electron chi connectivity index (χ2n) is 7.30. The van der Waals surface area contributed by atoms with Crippen molar-refractivity contribution in [2.45, 2.75) is 25.4 Å². The molecule has 0 unspecified atom stereocenters. The van der Waals surface area contributed by atoms with E-state index in [-0.39, 0.29) is 25.6 Å². The van der Waals surface area contributed by atoms with E-state index < -0.39 is 23.3 Å². The molecule has 2 aliphatic heterocycles. The largest absolute Gasteiger partial charge is 0.481 e. The van der Waals surface area contributed by atoms with E-state index >= 15 is 0 Å². The number of nitrogens with zero attached hydrogens (tertiary/aromatic N) is 1. The summed E-state index contributed by atoms with van der Waals surface area (Å²) in [7, 11) is 0. The maximum atomic E-state index is 13.4. The molecule has 2 aromatic carbocycles. The average molecular weight is 421 g/mol. The number of benzene rings is 2. The predicted molar refractivity (Wildman–Crippen MR) is 109 cm³/mol. The van der Waals surface area contributed by atoms with Gasteiger partial charge in [0.2, 0.25) is 0 Å². The van der Waals surface area contributed by atoms with Crippen LogP contribution in [0.3, 0.4) is 0 Å². The SMILES string of the molecule is CCC#CCOc1ccc2c(c1)C(=O)N(C[C@@]1(c3ccc(F)cc3)NC(=O)NC1=O)C2. The smallest absolute Gasteiger partial charge is 0.322 e. The van der Waals surface area contributed by atoms with E-state index in [1.165, 1.54) is 29.2 Å². The third-order valence-electron chi connectivity index (χ3n) is 5.28. The third kappa shape index (κ3) is 3.82. The maximum absolute atomic E-state index is 13.4. The molecule has 2 heterocycles. The minimum atomic E-state index is -1.50. The molecule has 0 radical (unpaired) electrons. The van der Waals surface area contributed by atoms with Gasteiger partial charge >= 0.3 is 6.03 Å². The van der Waals surface area contributed by atoms with Crippen LogP contribution in [0.25, 0.3) is 0 Å². The molecule has 31 heavy (non-hydrogen) atoms. The second kappa shape index (κ2) is 8.11. The van der Waals surface area contributed by atoms with Gasteiger partial charge in [-0.25, -0.2) is 9.18 Å². The third-order valence-corrected chi connectivity index (χ3v) is 5.28. The Balaban J connectivity index is 1.58. The van der Waals surface area contributed by atoms with Gasteiger partial charge in [0.1, 0.15) is 18.2 Å². The molecule has 1 saturated heterocycles. The number of imide groups is 1. The van der Waals surface area contributed by atoms with E-state index in [2.05, 4.69) is 22.5 Å². The zero-order valence-corrected chi connectivity index (χ0v) is 16.8. The summed E-state index contributed by atoms with van der Waals surface area (Å²) in [6.07, 6.45) is 0.737. The van der Waals surface area contributed by atoms with Crippen molar-refractivity contribution < 1.29 is 23.5 Å². The lowest BCUT2D eigenvalue weighted by molar-refractivity contribution is -0.124. The Bertz CT molecular complexity index is 1120. The van der Waals surface area contributed by atoms with Gasteiger partial charge in [0.25, 0.3) is 11.8 Å². The minimum Gasteiger partial charge on any atom is -0.481 e. The molecule has 2 aromatic rings. The van der Waals surface area contributed by atoms with Crippen molar-refractivity contribution in [3.05, 3.63) is 65.0 Å². The Morgan fingerprint density at radius 2 is 1.90 bits per heavy atom. The van der Waals surface area contributed by atoms with Crippen molar-refractivity contribution in [3.63, 3.8) is 0 Å². The molecule has 2 aliphatic rings. The highest BCUT2D eigenvalue weighted by Gasteiger charge is 2.50. The van der Waals surface area contributed by atoms with Crippen LogP contribution in [0.2, 0.25) is 0 Å². The molecule has 7 nitrogen and oxygen atoms in total. The van der Waals surface area contributed by atoms with E-state index in [1.54, 1.807) is 18.2 Å². The number of fused-ring (bicyclic) bond motifs is 1. The summed E-state index contributed by atoms with van der Waals surface area (Å²) in [5.74, 6) is 4.97. The number of halogens is 1. The van der Waals surface area contributed by atoms with Gasteiger partial charge in [0.05, 0.1) is 6.54 Å². The number of amides is 4. The summed E-state index contributed by atoms with van der Waals surface area (Å²) < 4.78 is 19.0. The second-order valence-corrected chi connectivity index (χ2v) is 7.30. The summed E-state index contributed by atoms with van der Waals surface area (Å²) in [6, 6.07) is 9.83. The fraction of sp³-hybridized carbons (Fsp3) is 0.261. The summed E-state index contributed by atoms with van der Waals surface area (Å²) in [5.41, 5.74) is 0.146. The lowest BCUT2D eigenvalue weighted by Gasteiger charge is -2.31. The molecular weight excluding hydrogens is 401 g/mol. The fourth-order valence-electron chi connectivity index (χ4n) is 3.77. The van der Waals surface area contributed by atoms with Crippen LogP contribution >= 0.6 is 0 Å². The lowest BCUT2D eigenvalue weighted by Crippen LogP contribution is -2.52. The number of carbonyl (C=O) groups excluding carboxylic acids is 3. The molecule has 1 fully saturated rings. The van der Waals surface area contributed by atoms with E-state index in [0.717, 1.165) is 12.0 Å². The zero-order chi connectivity index (χ0) is 22.0. The van der Waals surface area contributed by atoms with Gasteiger partial charge in [0.15, 0.2) is 5.54 Å². The van der Waals surface area contributed by atoms with E-state index in [9.17, 15) is 18.8 Å². The Morgan fingerprint density at radius 1 is 1.13 bits per heavy atom. The molecule has 0 saturated carbocycles. The first kappa shape index (κ1) is 20.4. The Morgan fingerprint density at radius 3 is 2.58 bits per heavy atom. The molecule has 1 atom stereocenters. The Kier molecular flexibility index (Phi) is 5.34. The van der Waals surface area contributed by atoms with Crippen molar-refractivity contribution >= 4 is 17.8 Å². The Labute approximate surface area is 178 Å². The molecule has 0 aliphatic carbocycles. The number of nitrogens with one attached hydrogen (secondary N) is 2. The number of hydrogen-bond acceptors (Lipinski definition) is 4. The van der Waals surface area contributed by atoms with Crippen LogP contribution in [-0.4, -0.2) is 35.9 Å². The first-order valence-corrected chi connectivity index (χ1v) is 9.83. The number of rotatable bonds is 5. The lowest BCUT2D eigenvalue weighted by atomic mass is 9.89. The molecule has 8 heteroatoms. The van der Waals surface area contributed by atoms with Crippen molar-refractivity contribution in [1.29, 1.82) is 0 Å². The van der Waals surface area contributed by atoms with Gasteiger partial charge in [-0.3, -0.25) is 14.9 Å². The number of carbonyl (C=O) groups is 3. The summed E-state index contributed by atoms with van der Waals surface area (Å²) in [4.78, 5) is 39.2. The molecule has 0 bridgehead atoms. The van der Waals surface area contributed by atoms with Crippen LogP contribution in [0.1, 0.15) is 34.8 Å². The monoisotopic (exact) mass is 421 g/mol. The number of hydrogen-bond donors (Lipinski definition) is 2. The fourth-order valence-corrected chi connectivity index (χ4v) is 3.77. The van der Waals surface area contributed by atoms with Gasteiger partial charge in [-0.05, 0) is 35.4 Å². The van der Waals surface area contributed by atoms with Crippen molar-refractivity contribution in [2.75, 3.05) is 13.2 Å². The van der Waals surface area contributed by atoms with Crippen LogP contribution < -0.4 is 15.4 Å². The van der Waals surface area contributed by atoms with Gasteiger partial charge in [-0.15, -0.1) is 5.92 Å². The predicted octanol–water partition coefficient (Wildman–Crippen LogP) is 2.31. The van der Waals surface area contributed by atoms with Gasteiger partial charge in [-0.2, -0.15) is 0 Å². The number of urea groups is 1. The first-order chi connectivity index (χ1) is 14.9. The summed E-state index contributed by atoms with van der Waals surface area (Å²) in [6.45, 7) is 2.35. The maximum Gasteiger partial charge on any atom is 0.322 e. The zero-order valence-electron chi connectivity index (χ0n) is 16.8. The molecule has 0 spiro atoms. The van der Waals surface area contributed by atoms with Gasteiger partial charge in [-0.1, -0.05) is 31.0 Å². The van der Waals surface area contributed by atoms with Gasteiger partial charge in [0, 0.05) is 18.5 Å². The highest BCUT2D eigenvalue weighted by Crippen LogP contribution is 2.32. The average Bonchev–Trinajstić information content (AvgIpc) is 3.21. The molecule has 158 valence electrons. The van der Waals surface area contributed by atoms with Crippen LogP contribution in [0.15, 0.2) is 42.5 Å². The van der Waals surface area contributed by atoms with Crippen molar-refractivity contribution in [2.24, 2.45) is 0 Å². The van der Waals surface area contributed by atoms with Crippen LogP contribution in [-0.2, 0) is 16.9 Å². The normalized spacial score (nSPS) is 19.4. The number of ether oxygens (including phenoxy) is 1. The van der Waals surface area contributed by atoms with Crippen molar-refractivity contribution in [1.82, 2.24) is 15.5 Å². The minimum absolute atomic E-state index is 0.0954. The highest BCUT2D eigenvalue weighted by molar-refractivity contribution is 6.08. The van der Waals surface area contributed by atoms with Crippen LogP contribution in [0.4, 0.5) is 9.18 Å². The molecule has 2 N–H and O–H groups in total. The standard InChI is InChI=1S/C23H20FN3O4/c1-2-3-4-11-31-18-10-5-15-13-27(20(28)19(15)12-18)14-23(21(29)25-22(30)26-23)16-6-8-17(24)9-7-16/h5-10,12H,2,11,13-14H2,1H3,(H2,25,26,29,30)/t23-/m0/s1. The van der Waals surface area contributed by atoms with Crippen molar-refractivity contribution in [3.8, 4) is 17.6 Å². The van der Waals surface area contributed by atoms with Crippen LogP contribution in [0, 0.1) is 17.7 Å². The molecular formula is C23H20FN3O4. The molecule has 4 amide bonds. The molecule has 0 aromatic heterocycles. The summed E-state index contributed by atoms with van der Waals surface area (Å²) >= 11 is 0. The van der Waals surface area contributed by atoms with E-state index in [1.807, 2.05) is 6.92 Å². The molecule has 4 rings (SSSR count). The first-order valence-electron chi connectivity index (χ1n) is 9.83. The highest BCUT2D eigenvalue weighted by atomic mass is 19.1. The van der Waals surface area contributed by atoms with Gasteiger partial charge < -0.3 is 15.0 Å². The Hall–Kier alpha value is -3.86. The van der Waals surface area contributed by atoms with Crippen LogP contribution in [0.5, 0.6) is 5.75 Å². The topological polar surface area (TPSA) is 87.7 Å².